The lowest BCUT2D eigenvalue weighted by molar-refractivity contribution is -0.144. The van der Waals surface area contributed by atoms with E-state index in [1.165, 1.54) is 11.0 Å². The minimum atomic E-state index is -0.911. The Morgan fingerprint density at radius 3 is 2.43 bits per heavy atom. The molecule has 1 aliphatic heterocycles. The third-order valence-corrected chi connectivity index (χ3v) is 14.3. The molecule has 0 unspecified atom stereocenters. The van der Waals surface area contributed by atoms with Crippen LogP contribution in [-0.4, -0.2) is 124 Å². The molecule has 0 spiro atoms. The van der Waals surface area contributed by atoms with Gasteiger partial charge in [0.25, 0.3) is 0 Å². The molecule has 17 nitrogen and oxygen atoms in total. The third kappa shape index (κ3) is 13.7. The minimum absolute atomic E-state index is 0.000345. The number of amides is 4. The van der Waals surface area contributed by atoms with Gasteiger partial charge in [-0.3, -0.25) is 19.2 Å². The molecule has 3 aromatic heterocycles. The number of hydrogen-bond acceptors (Lipinski definition) is 13. The van der Waals surface area contributed by atoms with Crippen LogP contribution in [0.4, 0.5) is 23.0 Å². The van der Waals surface area contributed by atoms with Crippen molar-refractivity contribution in [2.45, 2.75) is 91.0 Å². The first-order chi connectivity index (χ1) is 35.4. The van der Waals surface area contributed by atoms with Crippen LogP contribution in [0, 0.1) is 12.3 Å². The second-order valence-electron chi connectivity index (χ2n) is 20.2. The van der Waals surface area contributed by atoms with Gasteiger partial charge >= 0.3 is 0 Å². The van der Waals surface area contributed by atoms with E-state index in [0.29, 0.717) is 42.6 Å². The number of carbonyl (C=O) groups is 4. The summed E-state index contributed by atoms with van der Waals surface area (Å²) in [7, 11) is 7.63. The largest absolute Gasteiger partial charge is 0.494 e. The van der Waals surface area contributed by atoms with Crippen molar-refractivity contribution < 1.29 is 29.0 Å². The van der Waals surface area contributed by atoms with Crippen LogP contribution < -0.4 is 30.9 Å². The standard InChI is InChI=1S/C56H71N11O6S/c1-10-49(69)60-43-30-44(62-55-57-25-24-42(61-55)41-34-65(8)45-18-15-14-17-40(41)45)48(73-9)31-46(43)66(28-27-64(6)7)26-16-12-11-13-19-50(70)63-52(56(3,4)5)54(72)67-33-39(68)29-47(67)53(71)58-32-37-20-22-38(23-21-37)51-36(2)59-35-74-51/h10,14-15,17-18,20-25,30-31,34-35,39,47,52,68H,1,11-13,16,19,26-29,32-33H2,2-9H3,(H,58,71)(H,60,69)(H,63,70)(H,57,61,62)/t39-,47+,52-/m1/s1. The molecule has 0 radical (unpaired) electrons. The minimum Gasteiger partial charge on any atom is -0.494 e. The zero-order valence-corrected chi connectivity index (χ0v) is 44.7. The lowest BCUT2D eigenvalue weighted by Gasteiger charge is -2.35. The maximum atomic E-state index is 14.2. The van der Waals surface area contributed by atoms with Crippen molar-refractivity contribution in [2.24, 2.45) is 12.5 Å². The highest BCUT2D eigenvalue weighted by molar-refractivity contribution is 7.13. The summed E-state index contributed by atoms with van der Waals surface area (Å²) >= 11 is 1.58. The molecule has 0 saturated carbocycles. The van der Waals surface area contributed by atoms with Gasteiger partial charge in [0.2, 0.25) is 29.6 Å². The molecule has 4 amide bonds. The molecule has 0 bridgehead atoms. The number of likely N-dealkylation sites (N-methyl/N-ethyl adjacent to an activating group) is 1. The monoisotopic (exact) mass is 1030 g/mol. The number of rotatable bonds is 23. The molecule has 74 heavy (non-hydrogen) atoms. The van der Waals surface area contributed by atoms with Gasteiger partial charge in [-0.25, -0.2) is 15.0 Å². The van der Waals surface area contributed by atoms with Crippen molar-refractivity contribution in [3.8, 4) is 27.4 Å². The van der Waals surface area contributed by atoms with Gasteiger partial charge in [0.15, 0.2) is 0 Å². The van der Waals surface area contributed by atoms with Crippen LogP contribution >= 0.6 is 11.3 Å². The summed E-state index contributed by atoms with van der Waals surface area (Å²) in [5.41, 5.74) is 8.77. The van der Waals surface area contributed by atoms with Gasteiger partial charge in [0.05, 0.1) is 52.1 Å². The maximum absolute atomic E-state index is 14.2. The van der Waals surface area contributed by atoms with E-state index in [1.54, 1.807) is 24.6 Å². The zero-order valence-electron chi connectivity index (χ0n) is 43.9. The number of methoxy groups -OCH3 is 1. The molecule has 392 valence electrons. The molecule has 3 atom stereocenters. The van der Waals surface area contributed by atoms with Crippen molar-refractivity contribution in [1.82, 2.24) is 40.0 Å². The van der Waals surface area contributed by atoms with Crippen molar-refractivity contribution in [3.63, 3.8) is 0 Å². The van der Waals surface area contributed by atoms with Gasteiger partial charge in [-0.1, -0.05) is 82.7 Å². The number of aromatic nitrogens is 4. The number of fused-ring (bicyclic) bond motifs is 1. The van der Waals surface area contributed by atoms with E-state index in [-0.39, 0.29) is 43.7 Å². The van der Waals surface area contributed by atoms with E-state index in [9.17, 15) is 24.3 Å². The number of aliphatic hydroxyl groups is 1. The molecule has 18 heteroatoms. The number of unbranched alkanes of at least 4 members (excludes halogenated alkanes) is 3. The number of para-hydroxylation sites is 1. The molecule has 3 aromatic carbocycles. The van der Waals surface area contributed by atoms with E-state index in [1.807, 2.05) is 109 Å². The predicted molar refractivity (Wildman–Crippen MR) is 295 cm³/mol. The predicted octanol–water partition coefficient (Wildman–Crippen LogP) is 8.07. The van der Waals surface area contributed by atoms with Gasteiger partial charge in [0, 0.05) is 87.5 Å². The van der Waals surface area contributed by atoms with Crippen molar-refractivity contribution >= 4 is 68.9 Å². The number of anilines is 4. The summed E-state index contributed by atoms with van der Waals surface area (Å²) in [6.07, 6.45) is 7.44. The second kappa shape index (κ2) is 24.7. The van der Waals surface area contributed by atoms with Crippen LogP contribution in [0.2, 0.25) is 0 Å². The summed E-state index contributed by atoms with van der Waals surface area (Å²) in [5.74, 6) is -0.475. The fourth-order valence-corrected chi connectivity index (χ4v) is 10.1. The Morgan fingerprint density at radius 2 is 1.73 bits per heavy atom. The Balaban J connectivity index is 0.955. The number of likely N-dealkylation sites (tertiary alicyclic amines) is 1. The number of aliphatic hydroxyl groups excluding tert-OH is 1. The summed E-state index contributed by atoms with van der Waals surface area (Å²) in [6.45, 7) is 13.6. The van der Waals surface area contributed by atoms with Gasteiger partial charge in [-0.05, 0) is 74.7 Å². The molecule has 6 aromatic rings. The van der Waals surface area contributed by atoms with E-state index in [0.717, 1.165) is 75.4 Å². The highest BCUT2D eigenvalue weighted by Crippen LogP contribution is 2.39. The van der Waals surface area contributed by atoms with Crippen LogP contribution in [0.1, 0.15) is 70.6 Å². The Morgan fingerprint density at radius 1 is 0.973 bits per heavy atom. The Bertz CT molecular complexity index is 2930. The summed E-state index contributed by atoms with van der Waals surface area (Å²) in [5, 5.41) is 24.1. The number of hydrogen-bond donors (Lipinski definition) is 5. The van der Waals surface area contributed by atoms with Crippen molar-refractivity contribution in [3.05, 3.63) is 109 Å². The highest BCUT2D eigenvalue weighted by atomic mass is 32.1. The van der Waals surface area contributed by atoms with Crippen LogP contribution in [0.15, 0.2) is 97.3 Å². The molecule has 0 aliphatic carbocycles. The van der Waals surface area contributed by atoms with Crippen molar-refractivity contribution in [1.29, 1.82) is 0 Å². The zero-order chi connectivity index (χ0) is 53.1. The number of nitrogens with one attached hydrogen (secondary N) is 4. The quantitative estimate of drug-likeness (QED) is 0.0306. The Hall–Kier alpha value is -7.15. The van der Waals surface area contributed by atoms with Crippen LogP contribution in [-0.2, 0) is 32.8 Å². The molecule has 1 aliphatic rings. The number of carbonyl (C=O) groups excluding carboxylic acids is 4. The molecular formula is C56H71N11O6S. The molecule has 1 fully saturated rings. The molecule has 5 N–H and O–H groups in total. The number of aryl methyl sites for hydroxylation is 2. The van der Waals surface area contributed by atoms with Crippen LogP contribution in [0.25, 0.3) is 32.6 Å². The fraction of sp³-hybridized carbons (Fsp3) is 0.411. The molecule has 1 saturated heterocycles. The topological polar surface area (TPSA) is 199 Å². The Kier molecular flexibility index (Phi) is 18.2. The Labute approximate surface area is 438 Å². The van der Waals surface area contributed by atoms with E-state index >= 15 is 0 Å². The van der Waals surface area contributed by atoms with Gasteiger partial charge in [-0.2, -0.15) is 0 Å². The van der Waals surface area contributed by atoms with E-state index in [4.69, 9.17) is 9.72 Å². The molecule has 4 heterocycles. The summed E-state index contributed by atoms with van der Waals surface area (Å²) < 4.78 is 8.02. The first kappa shape index (κ1) is 54.6. The van der Waals surface area contributed by atoms with E-state index < -0.39 is 29.5 Å². The SMILES string of the molecule is C=CC(=O)Nc1cc(Nc2nccc(-c3cn(C)c4ccccc34)n2)c(OC)cc1N(CCCCCCC(=O)N[C@H](C(=O)N1C[C@H](O)C[C@H]1C(=O)NCc1ccc(-c2scnc2C)cc1)C(C)(C)C)CCN(C)C. The number of nitrogens with zero attached hydrogens (tertiary/aromatic N) is 7. The van der Waals surface area contributed by atoms with Gasteiger partial charge in [0.1, 0.15) is 17.8 Å². The van der Waals surface area contributed by atoms with Gasteiger partial charge in [-0.15, -0.1) is 11.3 Å². The first-order valence-electron chi connectivity index (χ1n) is 25.2. The highest BCUT2D eigenvalue weighted by Gasteiger charge is 2.44. The number of benzene rings is 3. The number of ether oxygens (including phenoxy) is 1. The number of thiazole rings is 1. The normalized spacial score (nSPS) is 15.0. The molecule has 7 rings (SSSR count). The van der Waals surface area contributed by atoms with Gasteiger partial charge < -0.3 is 50.4 Å². The first-order valence-corrected chi connectivity index (χ1v) is 26.1. The van der Waals surface area contributed by atoms with E-state index in [2.05, 4.69) is 70.5 Å². The summed E-state index contributed by atoms with van der Waals surface area (Å²) in [6, 6.07) is 19.9. The maximum Gasteiger partial charge on any atom is 0.247 e. The third-order valence-electron chi connectivity index (χ3n) is 13.3. The molecular weight excluding hydrogens is 955 g/mol. The lowest BCUT2D eigenvalue weighted by atomic mass is 9.85. The average Bonchev–Trinajstić information content (AvgIpc) is 4.10. The van der Waals surface area contributed by atoms with Crippen LogP contribution in [0.3, 0.4) is 0 Å². The smallest absolute Gasteiger partial charge is 0.247 e. The average molecular weight is 1030 g/mol. The summed E-state index contributed by atoms with van der Waals surface area (Å²) in [4.78, 5) is 74.9. The number of β-amino-alcohol motifs (C(OH)–C–C–N with tert-alkyl or cyclic N) is 1. The fourth-order valence-electron chi connectivity index (χ4n) is 9.25. The lowest BCUT2D eigenvalue weighted by Crippen LogP contribution is -2.57. The second-order valence-corrected chi connectivity index (χ2v) is 21.1. The van der Waals surface area contributed by atoms with Crippen molar-refractivity contribution in [2.75, 3.05) is 62.9 Å². The van der Waals surface area contributed by atoms with Crippen LogP contribution in [0.5, 0.6) is 5.75 Å².